The highest BCUT2D eigenvalue weighted by Gasteiger charge is 2.22. The second kappa shape index (κ2) is 8.50. The number of nitro benzene ring substituents is 1. The molecule has 0 spiro atoms. The van der Waals surface area contributed by atoms with E-state index >= 15 is 0 Å². The van der Waals surface area contributed by atoms with Gasteiger partial charge in [-0.1, -0.05) is 18.2 Å². The normalized spacial score (nSPS) is 13.9. The van der Waals surface area contributed by atoms with E-state index < -0.39 is 4.92 Å². The van der Waals surface area contributed by atoms with Gasteiger partial charge in [-0.3, -0.25) is 14.9 Å². The molecule has 3 rings (SSSR count). The van der Waals surface area contributed by atoms with Crippen LogP contribution in [0.25, 0.3) is 0 Å². The molecule has 2 aromatic rings. The lowest BCUT2D eigenvalue weighted by molar-refractivity contribution is -0.384. The van der Waals surface area contributed by atoms with Gasteiger partial charge in [0.15, 0.2) is 0 Å². The highest BCUT2D eigenvalue weighted by molar-refractivity contribution is 6.00. The van der Waals surface area contributed by atoms with Crippen molar-refractivity contribution in [3.63, 3.8) is 0 Å². The first-order valence-electron chi connectivity index (χ1n) is 8.61. The van der Waals surface area contributed by atoms with Crippen LogP contribution < -0.4 is 15.0 Å². The molecule has 1 fully saturated rings. The average molecular weight is 371 g/mol. The van der Waals surface area contributed by atoms with Gasteiger partial charge in [0.25, 0.3) is 11.6 Å². The molecule has 8 heteroatoms. The maximum atomic E-state index is 12.8. The molecule has 1 amide bonds. The van der Waals surface area contributed by atoms with Crippen LogP contribution in [0, 0.1) is 10.1 Å². The lowest BCUT2D eigenvalue weighted by Gasteiger charge is -2.30. The maximum absolute atomic E-state index is 12.8. The van der Waals surface area contributed by atoms with Gasteiger partial charge < -0.3 is 19.7 Å². The molecule has 1 saturated heterocycles. The Morgan fingerprint density at radius 3 is 2.70 bits per heavy atom. The molecule has 0 atom stereocenters. The molecule has 0 aromatic heterocycles. The first-order valence-corrected chi connectivity index (χ1v) is 8.61. The van der Waals surface area contributed by atoms with Crippen molar-refractivity contribution in [1.82, 2.24) is 5.32 Å². The third-order valence-corrected chi connectivity index (χ3v) is 4.42. The average Bonchev–Trinajstić information content (AvgIpc) is 2.72. The molecule has 1 aliphatic heterocycles. The lowest BCUT2D eigenvalue weighted by atomic mass is 10.1. The Labute approximate surface area is 156 Å². The molecule has 2 aromatic carbocycles. The number of carbonyl (C=O) groups excluding carboxylic acids is 1. The minimum atomic E-state index is -0.500. The van der Waals surface area contributed by atoms with Crippen LogP contribution in [0.2, 0.25) is 0 Å². The van der Waals surface area contributed by atoms with Crippen molar-refractivity contribution in [2.45, 2.75) is 6.54 Å². The summed E-state index contributed by atoms with van der Waals surface area (Å²) in [4.78, 5) is 25.5. The third-order valence-electron chi connectivity index (χ3n) is 4.42. The number of carbonyl (C=O) groups is 1. The number of nitrogens with zero attached hydrogens (tertiary/aromatic N) is 2. The summed E-state index contributed by atoms with van der Waals surface area (Å²) in [5, 5.41) is 14.0. The van der Waals surface area contributed by atoms with Crippen molar-refractivity contribution in [3.8, 4) is 5.75 Å². The van der Waals surface area contributed by atoms with E-state index in [0.717, 1.165) is 5.56 Å². The molecule has 0 bridgehead atoms. The molecule has 0 radical (unpaired) electrons. The molecule has 0 saturated carbocycles. The number of methoxy groups -OCH3 is 1. The largest absolute Gasteiger partial charge is 0.496 e. The summed E-state index contributed by atoms with van der Waals surface area (Å²) in [5.41, 5.74) is 1.66. The SMILES string of the molecule is COc1ccccc1CNC(=O)c1cc([N+](=O)[O-])ccc1N1CCOCC1. The van der Waals surface area contributed by atoms with Gasteiger partial charge in [-0.15, -0.1) is 0 Å². The monoisotopic (exact) mass is 371 g/mol. The van der Waals surface area contributed by atoms with E-state index in [9.17, 15) is 14.9 Å². The van der Waals surface area contributed by atoms with Crippen LogP contribution in [-0.4, -0.2) is 44.2 Å². The second-order valence-corrected chi connectivity index (χ2v) is 6.05. The summed E-state index contributed by atoms with van der Waals surface area (Å²) in [6.45, 7) is 2.63. The van der Waals surface area contributed by atoms with E-state index in [4.69, 9.17) is 9.47 Å². The molecule has 1 N–H and O–H groups in total. The van der Waals surface area contributed by atoms with Crippen LogP contribution in [0.15, 0.2) is 42.5 Å². The fourth-order valence-electron chi connectivity index (χ4n) is 3.02. The van der Waals surface area contributed by atoms with Crippen LogP contribution in [-0.2, 0) is 11.3 Å². The number of hydrogen-bond acceptors (Lipinski definition) is 6. The summed E-state index contributed by atoms with van der Waals surface area (Å²) in [6.07, 6.45) is 0. The molecule has 0 aliphatic carbocycles. The zero-order valence-electron chi connectivity index (χ0n) is 15.0. The summed E-state index contributed by atoms with van der Waals surface area (Å²) in [6, 6.07) is 11.7. The van der Waals surface area contributed by atoms with Crippen LogP contribution in [0.3, 0.4) is 0 Å². The van der Waals surface area contributed by atoms with Crippen LogP contribution in [0.5, 0.6) is 5.75 Å². The zero-order valence-corrected chi connectivity index (χ0v) is 15.0. The summed E-state index contributed by atoms with van der Waals surface area (Å²) in [5.74, 6) is 0.302. The highest BCUT2D eigenvalue weighted by Crippen LogP contribution is 2.27. The predicted octanol–water partition coefficient (Wildman–Crippen LogP) is 2.37. The first kappa shape index (κ1) is 18.7. The highest BCUT2D eigenvalue weighted by atomic mass is 16.6. The van der Waals surface area contributed by atoms with E-state index in [2.05, 4.69) is 5.32 Å². The number of para-hydroxylation sites is 1. The predicted molar refractivity (Wildman–Crippen MR) is 100 cm³/mol. The molecule has 1 heterocycles. The molecule has 0 unspecified atom stereocenters. The number of nitro groups is 1. The Morgan fingerprint density at radius 1 is 1.26 bits per heavy atom. The van der Waals surface area contributed by atoms with Gasteiger partial charge in [0.1, 0.15) is 5.75 Å². The van der Waals surface area contributed by atoms with Crippen LogP contribution in [0.4, 0.5) is 11.4 Å². The van der Waals surface area contributed by atoms with Crippen molar-refractivity contribution < 1.29 is 19.2 Å². The number of hydrogen-bond donors (Lipinski definition) is 1. The van der Waals surface area contributed by atoms with Gasteiger partial charge in [-0.2, -0.15) is 0 Å². The summed E-state index contributed by atoms with van der Waals surface area (Å²) in [7, 11) is 1.57. The number of morpholine rings is 1. The number of benzene rings is 2. The standard InChI is InChI=1S/C19H21N3O5/c1-26-18-5-3-2-4-14(18)13-20-19(23)16-12-15(22(24)25)6-7-17(16)21-8-10-27-11-9-21/h2-7,12H,8-11,13H2,1H3,(H,20,23). The van der Waals surface area contributed by atoms with Crippen molar-refractivity contribution in [2.75, 3.05) is 38.3 Å². The molecule has 8 nitrogen and oxygen atoms in total. The number of ether oxygens (including phenoxy) is 2. The summed E-state index contributed by atoms with van der Waals surface area (Å²) < 4.78 is 10.6. The minimum absolute atomic E-state index is 0.116. The summed E-state index contributed by atoms with van der Waals surface area (Å²) >= 11 is 0. The van der Waals surface area contributed by atoms with E-state index in [0.29, 0.717) is 37.7 Å². The van der Waals surface area contributed by atoms with Crippen molar-refractivity contribution in [3.05, 3.63) is 63.7 Å². The van der Waals surface area contributed by atoms with E-state index in [1.165, 1.54) is 12.1 Å². The minimum Gasteiger partial charge on any atom is -0.496 e. The molecular formula is C19H21N3O5. The van der Waals surface area contributed by atoms with Crippen molar-refractivity contribution in [2.24, 2.45) is 0 Å². The number of amides is 1. The van der Waals surface area contributed by atoms with Gasteiger partial charge in [0, 0.05) is 37.3 Å². The topological polar surface area (TPSA) is 93.9 Å². The Kier molecular flexibility index (Phi) is 5.87. The molecular weight excluding hydrogens is 350 g/mol. The smallest absolute Gasteiger partial charge is 0.270 e. The Bertz CT molecular complexity index is 834. The fraction of sp³-hybridized carbons (Fsp3) is 0.316. The number of nitrogens with one attached hydrogen (secondary N) is 1. The first-order chi connectivity index (χ1) is 13.1. The fourth-order valence-corrected chi connectivity index (χ4v) is 3.02. The van der Waals surface area contributed by atoms with Gasteiger partial charge in [-0.05, 0) is 12.1 Å². The molecule has 142 valence electrons. The van der Waals surface area contributed by atoms with Gasteiger partial charge in [0.2, 0.25) is 0 Å². The van der Waals surface area contributed by atoms with E-state index in [-0.39, 0.29) is 23.7 Å². The third kappa shape index (κ3) is 4.35. The van der Waals surface area contributed by atoms with Gasteiger partial charge in [0.05, 0.1) is 36.5 Å². The van der Waals surface area contributed by atoms with Gasteiger partial charge in [-0.25, -0.2) is 0 Å². The Hall–Kier alpha value is -3.13. The molecule has 1 aliphatic rings. The van der Waals surface area contributed by atoms with Crippen LogP contribution in [0.1, 0.15) is 15.9 Å². The van der Waals surface area contributed by atoms with E-state index in [1.54, 1.807) is 13.2 Å². The Morgan fingerprint density at radius 2 is 2.00 bits per heavy atom. The Balaban J connectivity index is 1.84. The van der Waals surface area contributed by atoms with E-state index in [1.807, 2.05) is 29.2 Å². The maximum Gasteiger partial charge on any atom is 0.270 e. The van der Waals surface area contributed by atoms with Gasteiger partial charge >= 0.3 is 0 Å². The number of non-ortho nitro benzene ring substituents is 1. The number of anilines is 1. The van der Waals surface area contributed by atoms with Crippen molar-refractivity contribution >= 4 is 17.3 Å². The van der Waals surface area contributed by atoms with Crippen LogP contribution >= 0.6 is 0 Å². The number of rotatable bonds is 6. The lowest BCUT2D eigenvalue weighted by Crippen LogP contribution is -2.38. The second-order valence-electron chi connectivity index (χ2n) is 6.05. The zero-order chi connectivity index (χ0) is 19.2. The van der Waals surface area contributed by atoms with Crippen molar-refractivity contribution in [1.29, 1.82) is 0 Å². The molecule has 27 heavy (non-hydrogen) atoms. The quantitative estimate of drug-likeness (QED) is 0.619.